The largest absolute Gasteiger partial charge is 0.313 e. The number of aromatic nitrogens is 1. The Labute approximate surface area is 519 Å². The van der Waals surface area contributed by atoms with Gasteiger partial charge in [-0.2, -0.15) is 0 Å². The Morgan fingerprint density at radius 1 is 0.443 bits per heavy atom. The Balaban J connectivity index is 0.888. The van der Waals surface area contributed by atoms with Gasteiger partial charge in [0, 0.05) is 33.4 Å². The first kappa shape index (κ1) is 54.9. The third-order valence-electron chi connectivity index (χ3n) is 19.2. The van der Waals surface area contributed by atoms with Crippen molar-refractivity contribution in [3.05, 3.63) is 322 Å². The molecule has 88 heavy (non-hydrogen) atoms. The predicted octanol–water partition coefficient (Wildman–Crippen LogP) is 21.4. The molecule has 1 atom stereocenters. The zero-order valence-corrected chi connectivity index (χ0v) is 51.7. The van der Waals surface area contributed by atoms with Gasteiger partial charge >= 0.3 is 0 Å². The molecule has 0 aliphatic heterocycles. The minimum Gasteiger partial charge on any atom is -0.313 e. The van der Waals surface area contributed by atoms with Crippen molar-refractivity contribution < 1.29 is 0 Å². The fourth-order valence-corrected chi connectivity index (χ4v) is 14.8. The molecular formula is C86H74N2. The van der Waals surface area contributed by atoms with Crippen molar-refractivity contribution in [2.45, 2.75) is 84.0 Å². The van der Waals surface area contributed by atoms with E-state index in [1.807, 2.05) is 0 Å². The smallest absolute Gasteiger partial charge is 0.0713 e. The van der Waals surface area contributed by atoms with E-state index in [0.29, 0.717) is 5.92 Å². The molecule has 0 fully saturated rings. The number of anilines is 3. The monoisotopic (exact) mass is 1130 g/mol. The second kappa shape index (κ2) is 21.6. The third kappa shape index (κ3) is 9.32. The van der Waals surface area contributed by atoms with Gasteiger partial charge < -0.3 is 9.47 Å². The molecule has 0 spiro atoms. The van der Waals surface area contributed by atoms with E-state index in [9.17, 15) is 0 Å². The number of allylic oxidation sites excluding steroid dienone is 4. The second-order valence-electron chi connectivity index (χ2n) is 26.8. The predicted molar refractivity (Wildman–Crippen MR) is 374 cm³/mol. The molecule has 12 aromatic rings. The molecule has 15 rings (SSSR count). The van der Waals surface area contributed by atoms with Crippen molar-refractivity contribution in [1.29, 1.82) is 0 Å². The normalized spacial score (nSPS) is 15.1. The molecule has 3 aliphatic rings. The highest BCUT2D eigenvalue weighted by atomic mass is 15.1. The lowest BCUT2D eigenvalue weighted by molar-refractivity contribution is 0.569. The average Bonchev–Trinajstić information content (AvgIpc) is 1.85. The molecule has 2 nitrogen and oxygen atoms in total. The van der Waals surface area contributed by atoms with E-state index in [1.165, 1.54) is 127 Å². The van der Waals surface area contributed by atoms with Crippen LogP contribution < -0.4 is 15.3 Å². The van der Waals surface area contributed by atoms with Crippen molar-refractivity contribution in [2.24, 2.45) is 5.92 Å². The van der Waals surface area contributed by atoms with Crippen molar-refractivity contribution in [3.63, 3.8) is 0 Å². The average molecular weight is 1140 g/mol. The van der Waals surface area contributed by atoms with Crippen molar-refractivity contribution in [1.82, 2.24) is 4.57 Å². The summed E-state index contributed by atoms with van der Waals surface area (Å²) in [6.45, 7) is 16.4. The molecule has 1 unspecified atom stereocenters. The van der Waals surface area contributed by atoms with Crippen molar-refractivity contribution in [2.75, 3.05) is 4.90 Å². The summed E-state index contributed by atoms with van der Waals surface area (Å²) in [6.07, 6.45) is 12.2. The maximum atomic E-state index is 2.51. The molecule has 0 bridgehead atoms. The summed E-state index contributed by atoms with van der Waals surface area (Å²) in [6, 6.07) is 96.6. The van der Waals surface area contributed by atoms with Crippen LogP contribution in [-0.2, 0) is 16.2 Å². The first-order chi connectivity index (χ1) is 42.8. The zero-order valence-electron chi connectivity index (χ0n) is 51.7. The number of nitrogens with zero attached hydrogens (tertiary/aromatic N) is 2. The van der Waals surface area contributed by atoms with E-state index < -0.39 is 5.41 Å². The summed E-state index contributed by atoms with van der Waals surface area (Å²) in [7, 11) is 0. The Morgan fingerprint density at radius 3 is 1.67 bits per heavy atom. The molecule has 0 saturated heterocycles. The van der Waals surface area contributed by atoms with Gasteiger partial charge in [-0.15, -0.1) is 0 Å². The van der Waals surface area contributed by atoms with E-state index in [0.717, 1.165) is 36.3 Å². The number of rotatable bonds is 10. The maximum Gasteiger partial charge on any atom is 0.0713 e. The van der Waals surface area contributed by atoms with Crippen LogP contribution in [0, 0.1) is 5.92 Å². The summed E-state index contributed by atoms with van der Waals surface area (Å²) in [5.41, 5.74) is 27.1. The molecule has 0 N–H and O–H groups in total. The fraction of sp³-hybridized carbons (Fsp3) is 0.163. The van der Waals surface area contributed by atoms with Crippen LogP contribution in [0.4, 0.5) is 17.1 Å². The summed E-state index contributed by atoms with van der Waals surface area (Å²) < 4.78 is 2.49. The first-order valence-corrected chi connectivity index (χ1v) is 31.7. The van der Waals surface area contributed by atoms with Gasteiger partial charge in [0.15, 0.2) is 0 Å². The van der Waals surface area contributed by atoms with Crippen LogP contribution in [0.15, 0.2) is 273 Å². The number of hydrogen-bond acceptors (Lipinski definition) is 1. The number of para-hydroxylation sites is 2. The highest BCUT2D eigenvalue weighted by Gasteiger charge is 2.46. The molecule has 1 aromatic heterocycles. The number of hydrogen-bond donors (Lipinski definition) is 0. The van der Waals surface area contributed by atoms with Gasteiger partial charge in [0.05, 0.1) is 22.1 Å². The lowest BCUT2D eigenvalue weighted by Gasteiger charge is -2.34. The SMILES string of the molecule is CC1C=CC=C(n2c3ccccc3c3cc(-c4ccc(N(c5ccc(-c6ccc7c(c6)C(c6ccccc6)(c6ccccc6)c6ccccc6-7)cc5)c5ccccc5C5=c6c(-c7cc(C(C)(C)C)cc(C(C)(C)C)c7)cccc6=CCC5)cc4)ccc32)C1. The molecule has 2 heteroatoms. The standard InChI is InChI=1S/C86H74N2/c1-57-23-20-30-70(51-57)88-81-38-19-16-33-75(81)77-54-61(44-50-82(77)88)58-39-45-68(46-40-58)87(80-37-18-15-32-74(80)76-35-22-25-60-24-21-34-71(83(60)76)63-52-66(84(2,3)4)56-67(53-63)85(5,6)7)69-47-41-59(42-48-69)62-43-49-73-72-31-14-17-36-78(72)86(79(73)55-62,64-26-10-8-11-27-64)65-28-12-9-13-29-65/h8-21,23-34,36-50,52-57H,22,35,51H2,1-7H3. The highest BCUT2D eigenvalue weighted by Crippen LogP contribution is 2.57. The van der Waals surface area contributed by atoms with Crippen LogP contribution in [0.5, 0.6) is 0 Å². The Bertz CT molecular complexity index is 4810. The topological polar surface area (TPSA) is 8.17 Å². The zero-order chi connectivity index (χ0) is 59.9. The minimum absolute atomic E-state index is 0.0142. The molecule has 3 aliphatic carbocycles. The molecule has 11 aromatic carbocycles. The number of fused-ring (bicyclic) bond motifs is 7. The maximum absolute atomic E-state index is 2.51. The summed E-state index contributed by atoms with van der Waals surface area (Å²) >= 11 is 0. The van der Waals surface area contributed by atoms with E-state index >= 15 is 0 Å². The molecule has 0 amide bonds. The Hall–Kier alpha value is -9.76. The minimum atomic E-state index is -0.484. The summed E-state index contributed by atoms with van der Waals surface area (Å²) in [4.78, 5) is 2.51. The fourth-order valence-electron chi connectivity index (χ4n) is 14.8. The molecule has 0 saturated carbocycles. The summed E-state index contributed by atoms with van der Waals surface area (Å²) in [5.74, 6) is 0.495. The summed E-state index contributed by atoms with van der Waals surface area (Å²) in [5, 5.41) is 5.19. The van der Waals surface area contributed by atoms with E-state index in [4.69, 9.17) is 0 Å². The van der Waals surface area contributed by atoms with Crippen LogP contribution in [0.1, 0.15) is 107 Å². The van der Waals surface area contributed by atoms with Crippen LogP contribution in [0.25, 0.3) is 83.7 Å². The first-order valence-electron chi connectivity index (χ1n) is 31.7. The van der Waals surface area contributed by atoms with E-state index in [2.05, 4.69) is 337 Å². The third-order valence-corrected chi connectivity index (χ3v) is 19.2. The highest BCUT2D eigenvalue weighted by molar-refractivity contribution is 6.11. The lowest BCUT2D eigenvalue weighted by atomic mass is 9.67. The van der Waals surface area contributed by atoms with Crippen LogP contribution >= 0.6 is 0 Å². The molecule has 428 valence electrons. The van der Waals surface area contributed by atoms with E-state index in [-0.39, 0.29) is 10.8 Å². The lowest BCUT2D eigenvalue weighted by Crippen LogP contribution is -2.32. The Morgan fingerprint density at radius 2 is 1.00 bits per heavy atom. The van der Waals surface area contributed by atoms with Gasteiger partial charge in [0.2, 0.25) is 0 Å². The van der Waals surface area contributed by atoms with Crippen molar-refractivity contribution in [3.8, 4) is 44.5 Å². The molecule has 1 heterocycles. The van der Waals surface area contributed by atoms with Gasteiger partial charge in [0.1, 0.15) is 0 Å². The van der Waals surface area contributed by atoms with Crippen molar-refractivity contribution >= 4 is 56.2 Å². The second-order valence-corrected chi connectivity index (χ2v) is 26.8. The van der Waals surface area contributed by atoms with Crippen LogP contribution in [0.3, 0.4) is 0 Å². The van der Waals surface area contributed by atoms with Gasteiger partial charge in [-0.25, -0.2) is 0 Å². The quantitative estimate of drug-likeness (QED) is 0.132. The van der Waals surface area contributed by atoms with Crippen LogP contribution in [-0.4, -0.2) is 4.57 Å². The number of benzene rings is 11. The molecule has 0 radical (unpaired) electrons. The molecular weight excluding hydrogens is 1060 g/mol. The van der Waals surface area contributed by atoms with Gasteiger partial charge in [-0.3, -0.25) is 0 Å². The Kier molecular flexibility index (Phi) is 13.5. The van der Waals surface area contributed by atoms with Crippen LogP contribution in [0.2, 0.25) is 0 Å². The van der Waals surface area contributed by atoms with Gasteiger partial charge in [0.25, 0.3) is 0 Å². The van der Waals surface area contributed by atoms with Gasteiger partial charge in [-0.05, 0) is 191 Å². The van der Waals surface area contributed by atoms with Gasteiger partial charge in [-0.1, -0.05) is 267 Å². The van der Waals surface area contributed by atoms with E-state index in [1.54, 1.807) is 0 Å².